The number of aromatic nitrogens is 1. The molecule has 41 heavy (non-hydrogen) atoms. The molecule has 1 amide bonds. The Morgan fingerprint density at radius 3 is 2.54 bits per heavy atom. The van der Waals surface area contributed by atoms with Crippen LogP contribution in [0.25, 0.3) is 0 Å². The third-order valence-electron chi connectivity index (χ3n) is 7.52. The first-order valence-corrected chi connectivity index (χ1v) is 13.6. The molecule has 5 rings (SSSR count). The molecule has 2 aromatic carbocycles. The minimum atomic E-state index is -2.95. The van der Waals surface area contributed by atoms with Crippen LogP contribution in [0, 0.1) is 12.8 Å². The molecule has 0 radical (unpaired) electrons. The van der Waals surface area contributed by atoms with Crippen molar-refractivity contribution < 1.29 is 32.6 Å². The Balaban J connectivity index is 1.25. The molecular weight excluding hydrogens is 532 g/mol. The maximum atomic E-state index is 13.2. The van der Waals surface area contributed by atoms with Crippen LogP contribution in [0.2, 0.25) is 0 Å². The summed E-state index contributed by atoms with van der Waals surface area (Å²) < 4.78 is 41.9. The minimum absolute atomic E-state index is 0.000220. The minimum Gasteiger partial charge on any atom is -0.489 e. The van der Waals surface area contributed by atoms with Crippen LogP contribution in [0.5, 0.6) is 17.4 Å². The van der Waals surface area contributed by atoms with E-state index in [1.807, 2.05) is 43.1 Å². The quantitative estimate of drug-likeness (QED) is 0.303. The van der Waals surface area contributed by atoms with Gasteiger partial charge >= 0.3 is 12.6 Å². The second-order valence-corrected chi connectivity index (χ2v) is 10.7. The number of rotatable bonds is 10. The molecule has 10 heteroatoms. The fourth-order valence-corrected chi connectivity index (χ4v) is 4.91. The number of nitrogens with zero attached hydrogens (tertiary/aromatic N) is 3. The van der Waals surface area contributed by atoms with Crippen LogP contribution in [-0.2, 0) is 4.79 Å². The van der Waals surface area contributed by atoms with Gasteiger partial charge < -0.3 is 19.1 Å². The average Bonchev–Trinajstić information content (AvgIpc) is 3.70. The standard InChI is InChI=1S/C31H33F2N3O5/c1-19-7-12-23(13-8-19)36(3)29(37)24-5-4-6-28(34-24)41-30(38)25-15-22(17-35(25)2)21-11-14-26(40-31(32)33)27(16-21)39-18-20-9-10-20/h4-8,11-14,16,20,22,25,31H,9-10,15,17-18H2,1-3H3/t22?,25-/m0/s1. The van der Waals surface area contributed by atoms with Gasteiger partial charge in [-0.1, -0.05) is 29.8 Å². The van der Waals surface area contributed by atoms with Gasteiger partial charge in [-0.2, -0.15) is 8.78 Å². The van der Waals surface area contributed by atoms with Crippen LogP contribution >= 0.6 is 0 Å². The predicted octanol–water partition coefficient (Wildman–Crippen LogP) is 5.45. The van der Waals surface area contributed by atoms with Gasteiger partial charge in [0.2, 0.25) is 5.88 Å². The number of esters is 1. The van der Waals surface area contributed by atoms with E-state index >= 15 is 0 Å². The zero-order valence-corrected chi connectivity index (χ0v) is 23.3. The highest BCUT2D eigenvalue weighted by Gasteiger charge is 2.37. The van der Waals surface area contributed by atoms with E-state index in [1.54, 1.807) is 31.3 Å². The first-order chi connectivity index (χ1) is 19.7. The van der Waals surface area contributed by atoms with Gasteiger partial charge in [0.25, 0.3) is 5.91 Å². The molecule has 2 aliphatic rings. The maximum absolute atomic E-state index is 13.2. The number of halogens is 2. The molecule has 3 aromatic rings. The second-order valence-electron chi connectivity index (χ2n) is 10.7. The summed E-state index contributed by atoms with van der Waals surface area (Å²) in [6, 6.07) is 16.7. The summed E-state index contributed by atoms with van der Waals surface area (Å²) in [6.45, 7) is 0.0340. The van der Waals surface area contributed by atoms with Gasteiger partial charge in [0, 0.05) is 25.3 Å². The number of hydrogen-bond acceptors (Lipinski definition) is 7. The largest absolute Gasteiger partial charge is 0.489 e. The molecule has 2 atom stereocenters. The Labute approximate surface area is 237 Å². The van der Waals surface area contributed by atoms with Crippen molar-refractivity contribution in [3.05, 3.63) is 77.5 Å². The molecule has 1 saturated carbocycles. The fraction of sp³-hybridized carbons (Fsp3) is 0.387. The molecule has 1 unspecified atom stereocenters. The molecule has 1 aliphatic heterocycles. The van der Waals surface area contributed by atoms with Crippen LogP contribution < -0.4 is 19.1 Å². The number of pyridine rings is 1. The van der Waals surface area contributed by atoms with Crippen LogP contribution in [0.3, 0.4) is 0 Å². The summed E-state index contributed by atoms with van der Waals surface area (Å²) in [7, 11) is 3.49. The number of likely N-dealkylation sites (N-methyl/N-ethyl adjacent to an activating group) is 1. The zero-order valence-electron chi connectivity index (χ0n) is 23.3. The Hall–Kier alpha value is -4.05. The van der Waals surface area contributed by atoms with Gasteiger partial charge in [-0.25, -0.2) is 9.78 Å². The van der Waals surface area contributed by atoms with E-state index in [2.05, 4.69) is 9.72 Å². The SMILES string of the molecule is Cc1ccc(N(C)C(=O)c2cccc(OC(=O)[C@@H]3CC(c4ccc(OC(F)F)c(OCC5CC5)c4)CN3C)n2)cc1. The first kappa shape index (κ1) is 28.5. The van der Waals surface area contributed by atoms with Crippen molar-refractivity contribution in [2.45, 2.75) is 44.8 Å². The lowest BCUT2D eigenvalue weighted by Gasteiger charge is -2.18. The lowest BCUT2D eigenvalue weighted by molar-refractivity contribution is -0.139. The molecule has 0 spiro atoms. The predicted molar refractivity (Wildman–Crippen MR) is 149 cm³/mol. The molecule has 1 aliphatic carbocycles. The summed E-state index contributed by atoms with van der Waals surface area (Å²) in [5.74, 6) is -0.0968. The van der Waals surface area contributed by atoms with E-state index in [4.69, 9.17) is 9.47 Å². The summed E-state index contributed by atoms with van der Waals surface area (Å²) in [6.07, 6.45) is 2.59. The number of hydrogen-bond donors (Lipinski definition) is 0. The van der Waals surface area contributed by atoms with Crippen molar-refractivity contribution in [3.63, 3.8) is 0 Å². The number of amides is 1. The number of likely N-dealkylation sites (tertiary alicyclic amines) is 1. The molecule has 1 aromatic heterocycles. The highest BCUT2D eigenvalue weighted by atomic mass is 19.3. The van der Waals surface area contributed by atoms with E-state index in [-0.39, 0.29) is 34.9 Å². The Morgan fingerprint density at radius 1 is 1.07 bits per heavy atom. The van der Waals surface area contributed by atoms with Gasteiger partial charge in [-0.05, 0) is 81.0 Å². The Morgan fingerprint density at radius 2 is 1.83 bits per heavy atom. The fourth-order valence-electron chi connectivity index (χ4n) is 4.91. The molecule has 1 saturated heterocycles. The molecular formula is C31H33F2N3O5. The highest BCUT2D eigenvalue weighted by Crippen LogP contribution is 2.38. The molecule has 2 heterocycles. The van der Waals surface area contributed by atoms with Crippen LogP contribution in [0.4, 0.5) is 14.5 Å². The van der Waals surface area contributed by atoms with Gasteiger partial charge in [0.15, 0.2) is 11.5 Å². The highest BCUT2D eigenvalue weighted by molar-refractivity contribution is 6.04. The van der Waals surface area contributed by atoms with Crippen LogP contribution in [-0.4, -0.2) is 61.7 Å². The van der Waals surface area contributed by atoms with Crippen molar-refractivity contribution in [1.29, 1.82) is 0 Å². The van der Waals surface area contributed by atoms with E-state index < -0.39 is 18.6 Å². The van der Waals surface area contributed by atoms with Crippen LogP contribution in [0.1, 0.15) is 46.8 Å². The van der Waals surface area contributed by atoms with E-state index in [0.717, 1.165) is 29.7 Å². The summed E-state index contributed by atoms with van der Waals surface area (Å²) in [5, 5.41) is 0. The molecule has 216 valence electrons. The van der Waals surface area contributed by atoms with Gasteiger partial charge in [-0.3, -0.25) is 9.69 Å². The van der Waals surface area contributed by atoms with E-state index in [1.165, 1.54) is 17.0 Å². The van der Waals surface area contributed by atoms with Gasteiger partial charge in [-0.15, -0.1) is 0 Å². The third-order valence-corrected chi connectivity index (χ3v) is 7.52. The maximum Gasteiger partial charge on any atom is 0.387 e. The van der Waals surface area contributed by atoms with Crippen LogP contribution in [0.15, 0.2) is 60.7 Å². The Kier molecular flexibility index (Phi) is 8.49. The topological polar surface area (TPSA) is 81.2 Å². The lowest BCUT2D eigenvalue weighted by atomic mass is 9.96. The molecule has 2 fully saturated rings. The average molecular weight is 566 g/mol. The van der Waals surface area contributed by atoms with Gasteiger partial charge in [0.1, 0.15) is 11.7 Å². The molecule has 0 N–H and O–H groups in total. The van der Waals surface area contributed by atoms with Gasteiger partial charge in [0.05, 0.1) is 6.61 Å². The number of aryl methyl sites for hydroxylation is 1. The monoisotopic (exact) mass is 565 g/mol. The van der Waals surface area contributed by atoms with Crippen molar-refractivity contribution >= 4 is 17.6 Å². The smallest absolute Gasteiger partial charge is 0.387 e. The van der Waals surface area contributed by atoms with E-state index in [9.17, 15) is 18.4 Å². The van der Waals surface area contributed by atoms with Crippen molar-refractivity contribution in [3.8, 4) is 17.4 Å². The molecule has 8 nitrogen and oxygen atoms in total. The van der Waals surface area contributed by atoms with Crippen molar-refractivity contribution in [2.24, 2.45) is 5.92 Å². The van der Waals surface area contributed by atoms with Crippen molar-refractivity contribution in [1.82, 2.24) is 9.88 Å². The summed E-state index contributed by atoms with van der Waals surface area (Å²) >= 11 is 0. The second kappa shape index (κ2) is 12.2. The Bertz CT molecular complexity index is 1400. The number of ether oxygens (including phenoxy) is 3. The zero-order chi connectivity index (χ0) is 29.1. The molecule has 0 bridgehead atoms. The number of alkyl halides is 2. The normalized spacial score (nSPS) is 18.8. The number of carbonyl (C=O) groups is 2. The first-order valence-electron chi connectivity index (χ1n) is 13.6. The van der Waals surface area contributed by atoms with E-state index in [0.29, 0.717) is 25.5 Å². The summed E-state index contributed by atoms with van der Waals surface area (Å²) in [4.78, 5) is 33.9. The number of carbonyl (C=O) groups excluding carboxylic acids is 2. The summed E-state index contributed by atoms with van der Waals surface area (Å²) in [5.41, 5.74) is 2.82. The lowest BCUT2D eigenvalue weighted by Crippen LogP contribution is -2.36. The number of anilines is 1. The third kappa shape index (κ3) is 7.00. The van der Waals surface area contributed by atoms with Crippen molar-refractivity contribution in [2.75, 3.05) is 32.1 Å². The number of benzene rings is 2.